The molecular weight excluding hydrogens is 471 g/mol. The Morgan fingerprint density at radius 3 is 0.962 bits per heavy atom. The molecule has 2 radical (unpaired) electrons. The number of aliphatic carboxylic acids is 2. The standard InChI is InChI=1S/2C4H8N2O3.2Cu.6H2O/c2*5-1-3(7)6-2-4(8)9;;;;;;;;/h2*1-2,5H2,(H,6,7)(H,8,9);;;6*1H2/q;;2*+2;;;;;;/p-2. The minimum Gasteiger partial charge on any atom is -0.861 e. The molecule has 170 valence electrons. The number of carboxylic acids is 2. The van der Waals surface area contributed by atoms with Crippen molar-refractivity contribution in [1.82, 2.24) is 0 Å². The smallest absolute Gasteiger partial charge is 0.861 e. The fourth-order valence-corrected chi connectivity index (χ4v) is 0.435. The molecule has 0 aromatic rings. The molecule has 0 heterocycles. The Balaban J connectivity index is -0.0000000188. The Bertz CT molecular complexity index is 313. The third-order valence-corrected chi connectivity index (χ3v) is 1.12. The molecule has 0 aliphatic rings. The van der Waals surface area contributed by atoms with Crippen molar-refractivity contribution in [1.29, 1.82) is 0 Å². The molecule has 0 amide bonds. The Hall–Kier alpha value is -1.40. The molecule has 0 rings (SSSR count). The maximum Gasteiger partial charge on any atom is 2.00 e. The van der Waals surface area contributed by atoms with Gasteiger partial charge in [-0.15, -0.1) is 0 Å². The predicted molar refractivity (Wildman–Crippen MR) is 76.9 cm³/mol. The second-order valence-electron chi connectivity index (χ2n) is 2.57. The third kappa shape index (κ3) is 66.4. The van der Waals surface area contributed by atoms with Crippen LogP contribution >= 0.6 is 0 Å². The molecule has 18 N–H and O–H groups in total. The minimum atomic E-state index is -1.38. The van der Waals surface area contributed by atoms with Crippen LogP contribution in [-0.4, -0.2) is 71.8 Å². The van der Waals surface area contributed by atoms with Crippen molar-refractivity contribution in [2.75, 3.05) is 26.2 Å². The zero-order chi connectivity index (χ0) is 14.6. The largest absolute Gasteiger partial charge is 2.00 e. The summed E-state index contributed by atoms with van der Waals surface area (Å²) in [4.78, 5) is 25.3. The summed E-state index contributed by atoms with van der Waals surface area (Å²) in [5.41, 5.74) is 9.60. The summed E-state index contributed by atoms with van der Waals surface area (Å²) in [7, 11) is 0. The van der Waals surface area contributed by atoms with Crippen molar-refractivity contribution in [3.63, 3.8) is 0 Å². The van der Waals surface area contributed by atoms with Crippen molar-refractivity contribution in [3.05, 3.63) is 0 Å². The molecule has 0 aromatic heterocycles. The topological polar surface area (TPSA) is 395 Å². The quantitative estimate of drug-likeness (QED) is 0.153. The fraction of sp³-hybridized carbons (Fsp3) is 0.500. The molecule has 0 unspecified atom stereocenters. The number of nitrogens with zero attached hydrogens (tertiary/aromatic N) is 2. The molecule has 0 aliphatic heterocycles. The first-order valence-corrected chi connectivity index (χ1v) is 4.54. The monoisotopic (exact) mass is 496 g/mol. The minimum absolute atomic E-state index is 0. The van der Waals surface area contributed by atoms with Gasteiger partial charge >= 0.3 is 34.1 Å². The summed E-state index contributed by atoms with van der Waals surface area (Å²) in [5, 5.41) is 39.5. The van der Waals surface area contributed by atoms with Gasteiger partial charge in [-0.1, -0.05) is 0 Å². The van der Waals surface area contributed by atoms with Crippen molar-refractivity contribution in [2.24, 2.45) is 21.5 Å². The Labute approximate surface area is 168 Å². The average Bonchev–Trinajstić information content (AvgIpc) is 2.33. The van der Waals surface area contributed by atoms with Gasteiger partial charge in [-0.05, 0) is 11.8 Å². The molecule has 0 atom stereocenters. The van der Waals surface area contributed by atoms with Crippen molar-refractivity contribution in [3.8, 4) is 0 Å². The van der Waals surface area contributed by atoms with Gasteiger partial charge in [0, 0.05) is 13.1 Å². The number of carboxylic acid groups (broad SMARTS) is 2. The molecule has 0 spiro atoms. The summed E-state index contributed by atoms with van der Waals surface area (Å²) in [6.07, 6.45) is 0. The van der Waals surface area contributed by atoms with Gasteiger partial charge in [0.1, 0.15) is 0 Å². The summed E-state index contributed by atoms with van der Waals surface area (Å²) >= 11 is 0. The van der Waals surface area contributed by atoms with Crippen molar-refractivity contribution < 1.29 is 97.0 Å². The molecule has 0 saturated heterocycles. The maximum absolute atomic E-state index is 10.1. The van der Waals surface area contributed by atoms with Crippen LogP contribution in [0.5, 0.6) is 0 Å². The SMILES string of the molecule is NCC([O-])=NCC(=O)[O-].NCC([O-])=NCC(=O)[O-].O.O.O.O.[Cu+2].[Cu+2].[OH3+].[OH3+]. The van der Waals surface area contributed by atoms with E-state index in [-0.39, 0.29) is 80.1 Å². The normalized spacial score (nSPS) is 7.92. The van der Waals surface area contributed by atoms with E-state index in [1.54, 1.807) is 0 Å². The third-order valence-electron chi connectivity index (χ3n) is 1.12. The summed E-state index contributed by atoms with van der Waals surface area (Å²) < 4.78 is 0. The van der Waals surface area contributed by atoms with Crippen molar-refractivity contribution in [2.45, 2.75) is 0 Å². The van der Waals surface area contributed by atoms with Crippen LogP contribution < -0.4 is 31.9 Å². The van der Waals surface area contributed by atoms with Crippen LogP contribution in [0.2, 0.25) is 0 Å². The molecule has 0 fully saturated rings. The van der Waals surface area contributed by atoms with E-state index in [9.17, 15) is 30.0 Å². The van der Waals surface area contributed by atoms with Gasteiger partial charge in [-0.3, -0.25) is 9.98 Å². The van der Waals surface area contributed by atoms with Crippen LogP contribution in [0.15, 0.2) is 9.98 Å². The first-order chi connectivity index (χ1) is 8.33. The Kier molecular flexibility index (Phi) is 108. The average molecular weight is 497 g/mol. The number of hydrogen-bond acceptors (Lipinski definition) is 10. The van der Waals surface area contributed by atoms with E-state index in [0.29, 0.717) is 0 Å². The van der Waals surface area contributed by atoms with E-state index >= 15 is 0 Å². The van der Waals surface area contributed by atoms with Gasteiger partial charge in [0.25, 0.3) is 0 Å². The van der Waals surface area contributed by atoms with Gasteiger partial charge in [-0.2, -0.15) is 0 Å². The number of carbonyl (C=O) groups is 2. The van der Waals surface area contributed by atoms with Crippen molar-refractivity contribution >= 4 is 23.7 Å². The summed E-state index contributed by atoms with van der Waals surface area (Å²) in [6, 6.07) is 0. The summed E-state index contributed by atoms with van der Waals surface area (Å²) in [6.45, 7) is -1.72. The van der Waals surface area contributed by atoms with E-state index < -0.39 is 36.8 Å². The first-order valence-electron chi connectivity index (χ1n) is 4.54. The van der Waals surface area contributed by atoms with Gasteiger partial charge in [0.05, 0.1) is 25.0 Å². The van der Waals surface area contributed by atoms with Gasteiger partial charge in [0.2, 0.25) is 0 Å². The second kappa shape index (κ2) is 43.7. The Morgan fingerprint density at radius 2 is 0.846 bits per heavy atom. The zero-order valence-corrected chi connectivity index (χ0v) is 15.0. The van der Waals surface area contributed by atoms with E-state index in [1.807, 2.05) is 0 Å². The molecule has 18 heteroatoms. The first kappa shape index (κ1) is 64.3. The number of hydrogen-bond donors (Lipinski definition) is 2. The van der Waals surface area contributed by atoms with E-state index in [0.717, 1.165) is 0 Å². The molecule has 0 saturated carbocycles. The fourth-order valence-electron chi connectivity index (χ4n) is 0.435. The molecule has 0 aliphatic carbocycles. The van der Waals surface area contributed by atoms with Gasteiger partial charge in [-0.25, -0.2) is 0 Å². The van der Waals surface area contributed by atoms with Gasteiger partial charge in [0.15, 0.2) is 0 Å². The van der Waals surface area contributed by atoms with Crippen LogP contribution in [0.1, 0.15) is 0 Å². The number of rotatable bonds is 6. The van der Waals surface area contributed by atoms with Crippen LogP contribution in [-0.2, 0) is 54.7 Å². The summed E-state index contributed by atoms with van der Waals surface area (Å²) in [5.74, 6) is -4.01. The number of carbonyl (C=O) groups excluding carboxylic acids is 2. The molecule has 26 heavy (non-hydrogen) atoms. The number of nitrogens with two attached hydrogens (primary N) is 2. The predicted octanol–water partition coefficient (Wildman–Crippen LogP) is -12.2. The van der Waals surface area contributed by atoms with Crippen LogP contribution in [0.25, 0.3) is 0 Å². The molecule has 16 nitrogen and oxygen atoms in total. The zero-order valence-electron chi connectivity index (χ0n) is 13.1. The van der Waals surface area contributed by atoms with E-state index in [2.05, 4.69) is 9.98 Å². The van der Waals surface area contributed by atoms with E-state index in [4.69, 9.17) is 11.5 Å². The molecular formula is C8H26Cu2N4O12+2. The van der Waals surface area contributed by atoms with Crippen LogP contribution in [0.4, 0.5) is 0 Å². The Morgan fingerprint density at radius 1 is 0.654 bits per heavy atom. The van der Waals surface area contributed by atoms with Gasteiger partial charge < -0.3 is 74.3 Å². The molecule has 0 bridgehead atoms. The maximum atomic E-state index is 10.1. The molecule has 0 aromatic carbocycles. The van der Waals surface area contributed by atoms with E-state index in [1.165, 1.54) is 0 Å². The van der Waals surface area contributed by atoms with Crippen LogP contribution in [0, 0.1) is 0 Å². The number of aliphatic imine (C=N–C) groups is 2. The second-order valence-corrected chi connectivity index (χ2v) is 2.57. The van der Waals surface area contributed by atoms with Crippen LogP contribution in [0.3, 0.4) is 0 Å².